The second kappa shape index (κ2) is 6.57. The lowest BCUT2D eigenvalue weighted by Crippen LogP contribution is -2.13. The second-order valence-electron chi connectivity index (χ2n) is 8.12. The highest BCUT2D eigenvalue weighted by atomic mass is 32.1. The molecule has 4 aromatic rings. The molecule has 0 saturated carbocycles. The van der Waals surface area contributed by atoms with Crippen LogP contribution in [0.15, 0.2) is 42.7 Å². The van der Waals surface area contributed by atoms with Crippen molar-refractivity contribution in [3.05, 3.63) is 70.8 Å². The van der Waals surface area contributed by atoms with Crippen molar-refractivity contribution in [2.75, 3.05) is 0 Å². The average molecular weight is 387 g/mol. The van der Waals surface area contributed by atoms with Crippen LogP contribution < -0.4 is 0 Å². The van der Waals surface area contributed by atoms with E-state index in [-0.39, 0.29) is 5.41 Å². The van der Waals surface area contributed by atoms with Crippen molar-refractivity contribution in [2.45, 2.75) is 40.0 Å². The van der Waals surface area contributed by atoms with Crippen molar-refractivity contribution in [2.24, 2.45) is 0 Å². The number of thiazole rings is 1. The molecule has 140 valence electrons. The van der Waals surface area contributed by atoms with E-state index in [0.29, 0.717) is 5.13 Å². The molecule has 0 N–H and O–H groups in total. The molecule has 4 nitrogen and oxygen atoms in total. The van der Waals surface area contributed by atoms with E-state index < -0.39 is 0 Å². The molecule has 0 aliphatic heterocycles. The molecule has 28 heavy (non-hydrogen) atoms. The molecule has 0 aliphatic rings. The van der Waals surface area contributed by atoms with Gasteiger partial charge < -0.3 is 4.85 Å². The van der Waals surface area contributed by atoms with E-state index in [9.17, 15) is 0 Å². The Kier molecular flexibility index (Phi) is 4.32. The van der Waals surface area contributed by atoms with Crippen LogP contribution >= 0.6 is 11.3 Å². The maximum Gasteiger partial charge on any atom is 0.330 e. The van der Waals surface area contributed by atoms with Crippen LogP contribution in [0.4, 0.5) is 5.13 Å². The molecule has 2 heterocycles. The molecule has 2 aromatic heterocycles. The fourth-order valence-electron chi connectivity index (χ4n) is 3.57. The van der Waals surface area contributed by atoms with Gasteiger partial charge in [0.1, 0.15) is 5.82 Å². The van der Waals surface area contributed by atoms with Crippen molar-refractivity contribution >= 4 is 26.7 Å². The smallest absolute Gasteiger partial charge is 0.330 e. The zero-order valence-electron chi connectivity index (χ0n) is 16.7. The fraction of sp³-hybridized carbons (Fsp3) is 0.261. The van der Waals surface area contributed by atoms with Gasteiger partial charge in [-0.1, -0.05) is 39.5 Å². The summed E-state index contributed by atoms with van der Waals surface area (Å²) < 4.78 is 3.17. The summed E-state index contributed by atoms with van der Waals surface area (Å²) in [5, 5.41) is 0.472. The number of hydrogen-bond acceptors (Lipinski definition) is 3. The number of nitrogens with zero attached hydrogens (tertiary/aromatic N) is 4. The largest absolute Gasteiger partial charge is 0.351 e. The molecule has 0 unspecified atom stereocenters. The van der Waals surface area contributed by atoms with Crippen LogP contribution in [-0.4, -0.2) is 14.5 Å². The van der Waals surface area contributed by atoms with Crippen molar-refractivity contribution in [3.8, 4) is 17.1 Å². The molecule has 5 heteroatoms. The topological polar surface area (TPSA) is 35.1 Å². The van der Waals surface area contributed by atoms with Crippen molar-refractivity contribution in [1.29, 1.82) is 0 Å². The van der Waals surface area contributed by atoms with Gasteiger partial charge in [0.25, 0.3) is 0 Å². The Balaban J connectivity index is 1.86. The Morgan fingerprint density at radius 2 is 1.79 bits per heavy atom. The van der Waals surface area contributed by atoms with Gasteiger partial charge in [-0.25, -0.2) is 4.98 Å². The second-order valence-corrected chi connectivity index (χ2v) is 9.13. The summed E-state index contributed by atoms with van der Waals surface area (Å²) in [4.78, 5) is 12.4. The van der Waals surface area contributed by atoms with Crippen LogP contribution in [-0.2, 0) is 5.41 Å². The standard InChI is InChI=1S/C23H22N4S/c1-14-11-17(23(3,4)5)12-15(2)20(14)27-10-9-25-21(27)16-7-8-18-19(13-16)28-22(24-6)26-18/h7-13H,1-5H3. The van der Waals surface area contributed by atoms with Crippen LogP contribution in [0, 0.1) is 20.4 Å². The average Bonchev–Trinajstić information content (AvgIpc) is 3.26. The summed E-state index contributed by atoms with van der Waals surface area (Å²) in [6, 6.07) is 10.6. The monoisotopic (exact) mass is 386 g/mol. The fourth-order valence-corrected chi connectivity index (χ4v) is 4.36. The Labute approximate surface area is 169 Å². The summed E-state index contributed by atoms with van der Waals surface area (Å²) in [7, 11) is 0. The van der Waals surface area contributed by atoms with E-state index in [1.165, 1.54) is 33.7 Å². The van der Waals surface area contributed by atoms with Crippen molar-refractivity contribution in [3.63, 3.8) is 0 Å². The third-order valence-electron chi connectivity index (χ3n) is 4.97. The summed E-state index contributed by atoms with van der Waals surface area (Å²) in [6.45, 7) is 18.2. The Morgan fingerprint density at radius 1 is 1.07 bits per heavy atom. The number of aryl methyl sites for hydroxylation is 2. The van der Waals surface area contributed by atoms with E-state index in [1.54, 1.807) is 0 Å². The van der Waals surface area contributed by atoms with Gasteiger partial charge in [0.2, 0.25) is 0 Å². The van der Waals surface area contributed by atoms with E-state index in [1.807, 2.05) is 24.5 Å². The molecule has 4 rings (SSSR count). The Morgan fingerprint density at radius 3 is 2.43 bits per heavy atom. The van der Waals surface area contributed by atoms with Gasteiger partial charge >= 0.3 is 5.13 Å². The maximum absolute atomic E-state index is 7.18. The third-order valence-corrected chi connectivity index (χ3v) is 5.88. The number of rotatable bonds is 2. The van der Waals surface area contributed by atoms with Gasteiger partial charge in [0.05, 0.1) is 10.4 Å². The molecule has 0 spiro atoms. The number of hydrogen-bond donors (Lipinski definition) is 0. The summed E-state index contributed by atoms with van der Waals surface area (Å²) in [6.07, 6.45) is 3.86. The molecule has 0 bridgehead atoms. The molecule has 0 atom stereocenters. The Hall–Kier alpha value is -2.97. The van der Waals surface area contributed by atoms with Crippen LogP contribution in [0.2, 0.25) is 0 Å². The lowest BCUT2D eigenvalue weighted by atomic mass is 9.84. The third kappa shape index (κ3) is 3.10. The van der Waals surface area contributed by atoms with Crippen LogP contribution in [0.5, 0.6) is 0 Å². The molecule has 2 aromatic carbocycles. The molecule has 0 amide bonds. The van der Waals surface area contributed by atoms with Gasteiger partial charge in [0, 0.05) is 18.0 Å². The van der Waals surface area contributed by atoms with Gasteiger partial charge in [0.15, 0.2) is 5.52 Å². The lowest BCUT2D eigenvalue weighted by molar-refractivity contribution is 0.589. The number of imidazole rings is 1. The van der Waals surface area contributed by atoms with Crippen LogP contribution in [0.1, 0.15) is 37.5 Å². The predicted octanol–water partition coefficient (Wildman–Crippen LogP) is 6.61. The first-order chi connectivity index (χ1) is 13.3. The van der Waals surface area contributed by atoms with E-state index in [2.05, 4.69) is 72.2 Å². The minimum atomic E-state index is 0.115. The molecule has 0 fully saturated rings. The zero-order valence-corrected chi connectivity index (χ0v) is 17.6. The summed E-state index contributed by atoms with van der Waals surface area (Å²) in [5.74, 6) is 0.898. The minimum Gasteiger partial charge on any atom is -0.351 e. The van der Waals surface area contributed by atoms with Crippen molar-refractivity contribution < 1.29 is 0 Å². The summed E-state index contributed by atoms with van der Waals surface area (Å²) in [5.41, 5.74) is 6.98. The van der Waals surface area contributed by atoms with Gasteiger partial charge in [-0.2, -0.15) is 0 Å². The normalized spacial score (nSPS) is 11.7. The van der Waals surface area contributed by atoms with Crippen molar-refractivity contribution in [1.82, 2.24) is 14.5 Å². The number of benzene rings is 2. The molecule has 0 radical (unpaired) electrons. The molecular weight excluding hydrogens is 364 g/mol. The number of aromatic nitrogens is 3. The van der Waals surface area contributed by atoms with Crippen LogP contribution in [0.3, 0.4) is 0 Å². The molecule has 0 aliphatic carbocycles. The van der Waals surface area contributed by atoms with Gasteiger partial charge in [-0.3, -0.25) is 4.57 Å². The van der Waals surface area contributed by atoms with E-state index in [4.69, 9.17) is 6.57 Å². The highest BCUT2D eigenvalue weighted by Crippen LogP contribution is 2.34. The molecular formula is C23H22N4S. The quantitative estimate of drug-likeness (QED) is 0.363. The maximum atomic E-state index is 7.18. The highest BCUT2D eigenvalue weighted by molar-refractivity contribution is 7.22. The summed E-state index contributed by atoms with van der Waals surface area (Å²) >= 11 is 1.42. The van der Waals surface area contributed by atoms with E-state index >= 15 is 0 Å². The zero-order chi connectivity index (χ0) is 20.1. The van der Waals surface area contributed by atoms with Gasteiger partial charge in [-0.15, -0.1) is 16.3 Å². The molecule has 0 saturated heterocycles. The first kappa shape index (κ1) is 18.4. The highest BCUT2D eigenvalue weighted by Gasteiger charge is 2.19. The SMILES string of the molecule is [C-]#[N+]c1nc2ccc(-c3nccn3-c3c(C)cc(C(C)(C)C)cc3C)cc2s1. The minimum absolute atomic E-state index is 0.115. The first-order valence-electron chi connectivity index (χ1n) is 9.22. The first-order valence-corrected chi connectivity index (χ1v) is 10.0. The van der Waals surface area contributed by atoms with Crippen LogP contribution in [0.25, 0.3) is 32.1 Å². The van der Waals surface area contributed by atoms with Gasteiger partial charge in [-0.05, 0) is 54.2 Å². The number of fused-ring (bicyclic) bond motifs is 1. The lowest BCUT2D eigenvalue weighted by Gasteiger charge is -2.23. The Bertz CT molecular complexity index is 1210. The predicted molar refractivity (Wildman–Crippen MR) is 117 cm³/mol. The van der Waals surface area contributed by atoms with E-state index in [0.717, 1.165) is 21.6 Å².